The second kappa shape index (κ2) is 5.66. The van der Waals surface area contributed by atoms with E-state index in [9.17, 15) is 20.3 Å². The van der Waals surface area contributed by atoms with E-state index in [0.717, 1.165) is 0 Å². The Kier molecular flexibility index (Phi) is 4.76. The van der Waals surface area contributed by atoms with E-state index in [4.69, 9.17) is 0 Å². The second-order valence-corrected chi connectivity index (χ2v) is 4.60. The quantitative estimate of drug-likeness (QED) is 0.484. The molecule has 0 aromatic carbocycles. The third-order valence-corrected chi connectivity index (χ3v) is 4.52. The van der Waals surface area contributed by atoms with E-state index in [1.807, 2.05) is 0 Å². The molecule has 0 bridgehead atoms. The first-order chi connectivity index (χ1) is 7.58. The van der Waals surface area contributed by atoms with E-state index in [-0.39, 0.29) is 25.7 Å². The molecule has 8 heteroatoms. The van der Waals surface area contributed by atoms with E-state index in [1.165, 1.54) is 41.7 Å². The van der Waals surface area contributed by atoms with E-state index in [1.54, 1.807) is 0 Å². The molecule has 0 atom stereocenters. The number of hydrogen-bond acceptors (Lipinski definition) is 5. The van der Waals surface area contributed by atoms with Gasteiger partial charge in [-0.05, 0) is 0 Å². The zero-order valence-electron chi connectivity index (χ0n) is 8.41. The van der Waals surface area contributed by atoms with E-state index in [2.05, 4.69) is 4.98 Å². The van der Waals surface area contributed by atoms with Crippen LogP contribution in [0.25, 0.3) is 0 Å². The summed E-state index contributed by atoms with van der Waals surface area (Å²) in [6.45, 7) is -0.239. The topological polar surface area (TPSA) is 101 Å². The number of nitro groups is 1. The molecule has 7 nitrogen and oxygen atoms in total. The summed E-state index contributed by atoms with van der Waals surface area (Å²) in [4.78, 5) is 13.7. The first-order valence-electron chi connectivity index (χ1n) is 4.52. The molecule has 0 saturated heterocycles. The van der Waals surface area contributed by atoms with Gasteiger partial charge in [0.2, 0.25) is 0 Å². The van der Waals surface area contributed by atoms with Crippen molar-refractivity contribution < 1.29 is 39.9 Å². The summed E-state index contributed by atoms with van der Waals surface area (Å²) in [7, 11) is 0. The van der Waals surface area contributed by atoms with Gasteiger partial charge in [-0.15, -0.1) is 0 Å². The van der Waals surface area contributed by atoms with Crippen molar-refractivity contribution in [2.75, 3.05) is 13.2 Å². The molecule has 1 rings (SSSR count). The summed E-state index contributed by atoms with van der Waals surface area (Å²) in [5.74, 6) is -0.272. The predicted molar refractivity (Wildman–Crippen MR) is 50.3 cm³/mol. The van der Waals surface area contributed by atoms with Gasteiger partial charge in [0.15, 0.2) is 0 Å². The van der Waals surface area contributed by atoms with Crippen LogP contribution in [0.15, 0.2) is 12.4 Å². The van der Waals surface area contributed by atoms with Gasteiger partial charge in [-0.3, -0.25) is 0 Å². The van der Waals surface area contributed by atoms with Crippen molar-refractivity contribution in [3.05, 3.63) is 22.5 Å². The molecule has 90 valence electrons. The SMILES string of the molecule is O=[N+]([O-])c1nccn1CC(CO)(CO)C[At]. The molecular formula is C8H12AtN3O4. The Bertz CT molecular complexity index is 356. The molecule has 16 heavy (non-hydrogen) atoms. The minimum atomic E-state index is -0.720. The molecule has 0 spiro atoms. The van der Waals surface area contributed by atoms with Gasteiger partial charge in [0.25, 0.3) is 0 Å². The van der Waals surface area contributed by atoms with Crippen molar-refractivity contribution in [3.63, 3.8) is 0 Å². The molecule has 0 aliphatic rings. The van der Waals surface area contributed by atoms with Crippen LogP contribution in [-0.4, -0.2) is 37.9 Å². The Labute approximate surface area is 107 Å². The second-order valence-electron chi connectivity index (χ2n) is 3.56. The zero-order valence-corrected chi connectivity index (χ0v) is 11.4. The van der Waals surface area contributed by atoms with Crippen molar-refractivity contribution in [1.29, 1.82) is 0 Å². The Balaban J connectivity index is 2.93. The summed E-state index contributed by atoms with van der Waals surface area (Å²) in [5, 5.41) is 29.1. The zero-order chi connectivity index (χ0) is 12.2. The summed E-state index contributed by atoms with van der Waals surface area (Å²) >= 11 is 1.41. The van der Waals surface area contributed by atoms with Gasteiger partial charge in [0, 0.05) is 0 Å². The molecule has 1 aromatic heterocycles. The van der Waals surface area contributed by atoms with Crippen LogP contribution in [0, 0.1) is 40.2 Å². The van der Waals surface area contributed by atoms with Crippen molar-refractivity contribution >= 4 is 5.95 Å². The first-order valence-corrected chi connectivity index (χ1v) is 6.59. The van der Waals surface area contributed by atoms with E-state index < -0.39 is 10.3 Å². The summed E-state index contributed by atoms with van der Waals surface area (Å²) in [5.41, 5.74) is -0.720. The van der Waals surface area contributed by atoms with Crippen molar-refractivity contribution in [2.24, 2.45) is 5.41 Å². The van der Waals surface area contributed by atoms with Crippen LogP contribution in [0.4, 0.5) is 5.95 Å². The number of imidazole rings is 1. The minimum absolute atomic E-state index is 0.187. The maximum absolute atomic E-state index is 10.6. The van der Waals surface area contributed by atoms with Gasteiger partial charge >= 0.3 is 107 Å². The summed E-state index contributed by atoms with van der Waals surface area (Å²) < 4.78 is 1.92. The normalized spacial score (nSPS) is 11.7. The first kappa shape index (κ1) is 13.5. The standard InChI is InChI=1S/C8H12AtN3O4/c9-3-8(5-13,6-14)4-11-2-1-10-7(11)12(15)16/h1-2,13-14H,3-6H2. The molecule has 2 N–H and O–H groups in total. The molecule has 1 heterocycles. The Morgan fingerprint density at radius 3 is 2.62 bits per heavy atom. The van der Waals surface area contributed by atoms with Gasteiger partial charge in [0.1, 0.15) is 0 Å². The van der Waals surface area contributed by atoms with Crippen LogP contribution in [-0.2, 0) is 6.54 Å². The van der Waals surface area contributed by atoms with Crippen LogP contribution < -0.4 is 0 Å². The van der Waals surface area contributed by atoms with Gasteiger partial charge in [-0.25, -0.2) is 0 Å². The van der Waals surface area contributed by atoms with E-state index >= 15 is 0 Å². The molecule has 0 aliphatic carbocycles. The van der Waals surface area contributed by atoms with Crippen LogP contribution in [0.5, 0.6) is 0 Å². The van der Waals surface area contributed by atoms with Gasteiger partial charge in [-0.2, -0.15) is 0 Å². The van der Waals surface area contributed by atoms with Gasteiger partial charge < -0.3 is 0 Å². The number of aliphatic hydroxyl groups is 2. The van der Waals surface area contributed by atoms with Crippen molar-refractivity contribution in [1.82, 2.24) is 9.55 Å². The molecular weight excluding hydrogens is 412 g/mol. The van der Waals surface area contributed by atoms with Crippen LogP contribution in [0.2, 0.25) is 4.13 Å². The summed E-state index contributed by atoms with van der Waals surface area (Å²) in [6, 6.07) is 0. The monoisotopic (exact) mass is 424 g/mol. The third kappa shape index (κ3) is 2.75. The van der Waals surface area contributed by atoms with E-state index in [0.29, 0.717) is 4.13 Å². The average molecular weight is 424 g/mol. The molecule has 0 unspecified atom stereocenters. The number of aromatic nitrogens is 2. The molecule has 1 aromatic rings. The fraction of sp³-hybridized carbons (Fsp3) is 0.625. The van der Waals surface area contributed by atoms with Crippen molar-refractivity contribution in [2.45, 2.75) is 10.7 Å². The number of nitrogens with zero attached hydrogens (tertiary/aromatic N) is 3. The number of hydrogen-bond donors (Lipinski definition) is 2. The number of aliphatic hydroxyl groups excluding tert-OH is 2. The summed E-state index contributed by atoms with van der Waals surface area (Å²) in [6.07, 6.45) is 2.80. The maximum atomic E-state index is 10.6. The fourth-order valence-electron chi connectivity index (χ4n) is 1.23. The predicted octanol–water partition coefficient (Wildman–Crippen LogP) is -0.270. The molecule has 0 fully saturated rings. The molecule has 0 saturated carbocycles. The molecule has 0 amide bonds. The average Bonchev–Trinajstić information content (AvgIpc) is 2.74. The van der Waals surface area contributed by atoms with Crippen molar-refractivity contribution in [3.8, 4) is 0 Å². The van der Waals surface area contributed by atoms with Gasteiger partial charge in [0.05, 0.1) is 0 Å². The molecule has 0 radical (unpaired) electrons. The Morgan fingerprint density at radius 2 is 2.19 bits per heavy atom. The molecule has 0 aliphatic heterocycles. The van der Waals surface area contributed by atoms with Crippen LogP contribution in [0.3, 0.4) is 0 Å². The Morgan fingerprint density at radius 1 is 1.56 bits per heavy atom. The third-order valence-electron chi connectivity index (χ3n) is 2.32. The fourth-order valence-corrected chi connectivity index (χ4v) is 2.22. The van der Waals surface area contributed by atoms with Crippen LogP contribution in [0.1, 0.15) is 0 Å². The number of rotatable bonds is 6. The Hall–Kier alpha value is -0.587. The van der Waals surface area contributed by atoms with Crippen LogP contribution >= 0.6 is 0 Å². The van der Waals surface area contributed by atoms with Gasteiger partial charge in [-0.1, -0.05) is 0 Å².